The number of rotatable bonds is 6. The van der Waals surface area contributed by atoms with Gasteiger partial charge in [0.25, 0.3) is 0 Å². The Morgan fingerprint density at radius 1 is 1.33 bits per heavy atom. The minimum absolute atomic E-state index is 0.00987. The van der Waals surface area contributed by atoms with E-state index in [1.807, 2.05) is 6.92 Å². The van der Waals surface area contributed by atoms with Crippen LogP contribution in [0.15, 0.2) is 29.3 Å². The van der Waals surface area contributed by atoms with Gasteiger partial charge in [0.1, 0.15) is 5.75 Å². The normalized spacial score (nSPS) is 22.0. The lowest BCUT2D eigenvalue weighted by molar-refractivity contribution is -0.274. The van der Waals surface area contributed by atoms with Gasteiger partial charge in [0.2, 0.25) is 0 Å². The van der Waals surface area contributed by atoms with Crippen LogP contribution in [0, 0.1) is 0 Å². The number of ether oxygens (including phenoxy) is 1. The Kier molecular flexibility index (Phi) is 5.96. The fraction of sp³-hybridized carbons (Fsp3) is 0.588. The molecule has 24 heavy (non-hydrogen) atoms. The monoisotopic (exact) mass is 343 g/mol. The summed E-state index contributed by atoms with van der Waals surface area (Å²) in [6.45, 7) is 6.71. The van der Waals surface area contributed by atoms with E-state index < -0.39 is 6.36 Å². The van der Waals surface area contributed by atoms with Gasteiger partial charge in [-0.25, -0.2) is 0 Å². The maximum absolute atomic E-state index is 12.5. The number of halogens is 3. The molecule has 3 unspecified atom stereocenters. The minimum atomic E-state index is -4.68. The molecule has 0 aliphatic heterocycles. The quantitative estimate of drug-likeness (QED) is 0.610. The van der Waals surface area contributed by atoms with Crippen LogP contribution in [0.2, 0.25) is 0 Å². The first-order valence-corrected chi connectivity index (χ1v) is 8.26. The second kappa shape index (κ2) is 7.77. The first kappa shape index (κ1) is 18.4. The maximum atomic E-state index is 12.5. The highest BCUT2D eigenvalue weighted by molar-refractivity contribution is 5.81. The summed E-state index contributed by atoms with van der Waals surface area (Å²) in [6.07, 6.45) is -2.97. The van der Waals surface area contributed by atoms with Crippen molar-refractivity contribution in [2.75, 3.05) is 6.54 Å². The van der Waals surface area contributed by atoms with Crippen molar-refractivity contribution in [3.05, 3.63) is 29.8 Å². The molecule has 4 nitrogen and oxygen atoms in total. The van der Waals surface area contributed by atoms with Gasteiger partial charge in [-0.05, 0) is 38.3 Å². The smallest absolute Gasteiger partial charge is 0.405 e. The molecule has 0 bridgehead atoms. The van der Waals surface area contributed by atoms with Gasteiger partial charge in [0.05, 0.1) is 0 Å². The van der Waals surface area contributed by atoms with Crippen molar-refractivity contribution in [2.24, 2.45) is 4.99 Å². The van der Waals surface area contributed by atoms with E-state index >= 15 is 0 Å². The summed E-state index contributed by atoms with van der Waals surface area (Å²) in [7, 11) is 0. The van der Waals surface area contributed by atoms with Crippen molar-refractivity contribution in [2.45, 2.75) is 58.0 Å². The first-order chi connectivity index (χ1) is 11.3. The Labute approximate surface area is 140 Å². The molecule has 0 aromatic heterocycles. The van der Waals surface area contributed by atoms with E-state index in [0.29, 0.717) is 18.1 Å². The first-order valence-electron chi connectivity index (χ1n) is 8.26. The molecule has 134 valence electrons. The second-order valence-corrected chi connectivity index (χ2v) is 5.96. The molecule has 0 amide bonds. The summed E-state index contributed by atoms with van der Waals surface area (Å²) in [4.78, 5) is 4.39. The van der Waals surface area contributed by atoms with Crippen LogP contribution in [0.25, 0.3) is 0 Å². The number of aliphatic imine (C=N–C) groups is 1. The summed E-state index contributed by atoms with van der Waals surface area (Å²) in [5.41, 5.74) is 0.576. The third-order valence-electron chi connectivity index (χ3n) is 3.97. The van der Waals surface area contributed by atoms with Crippen LogP contribution in [0.5, 0.6) is 5.75 Å². The van der Waals surface area contributed by atoms with Crippen LogP contribution in [-0.4, -0.2) is 31.0 Å². The lowest BCUT2D eigenvalue weighted by Gasteiger charge is -2.17. The Hall–Kier alpha value is -1.92. The highest BCUT2D eigenvalue weighted by atomic mass is 19.4. The van der Waals surface area contributed by atoms with E-state index in [2.05, 4.69) is 34.2 Å². The summed E-state index contributed by atoms with van der Waals surface area (Å²) >= 11 is 0. The Morgan fingerprint density at radius 3 is 2.67 bits per heavy atom. The van der Waals surface area contributed by atoms with Crippen molar-refractivity contribution in [3.63, 3.8) is 0 Å². The summed E-state index contributed by atoms with van der Waals surface area (Å²) < 4.78 is 41.7. The zero-order chi connectivity index (χ0) is 17.7. The lowest BCUT2D eigenvalue weighted by atomic mass is 10.1. The third-order valence-corrected chi connectivity index (χ3v) is 3.97. The molecular weight excluding hydrogens is 319 g/mol. The van der Waals surface area contributed by atoms with E-state index in [0.717, 1.165) is 12.8 Å². The van der Waals surface area contributed by atoms with E-state index in [-0.39, 0.29) is 23.8 Å². The zero-order valence-electron chi connectivity index (χ0n) is 14.2. The van der Waals surface area contributed by atoms with Crippen molar-refractivity contribution in [1.82, 2.24) is 10.6 Å². The Balaban J connectivity index is 2.03. The molecule has 1 aromatic carbocycles. The zero-order valence-corrected chi connectivity index (χ0v) is 14.2. The molecule has 1 aliphatic carbocycles. The number of para-hydroxylation sites is 1. The molecule has 0 spiro atoms. The number of alkyl halides is 3. The largest absolute Gasteiger partial charge is 0.573 e. The van der Waals surface area contributed by atoms with Crippen molar-refractivity contribution in [3.8, 4) is 5.75 Å². The Morgan fingerprint density at radius 2 is 2.04 bits per heavy atom. The third kappa shape index (κ3) is 5.32. The van der Waals surface area contributed by atoms with E-state index in [4.69, 9.17) is 0 Å². The fourth-order valence-corrected chi connectivity index (χ4v) is 2.50. The molecule has 0 radical (unpaired) electrons. The molecule has 2 N–H and O–H groups in total. The second-order valence-electron chi connectivity index (χ2n) is 5.96. The number of nitrogens with one attached hydrogen (secondary N) is 2. The van der Waals surface area contributed by atoms with Crippen molar-refractivity contribution >= 4 is 5.96 Å². The summed E-state index contributed by atoms with van der Waals surface area (Å²) in [6, 6.07) is 6.66. The summed E-state index contributed by atoms with van der Waals surface area (Å²) in [5.74, 6) is 0.570. The highest BCUT2D eigenvalue weighted by Crippen LogP contribution is 2.45. The van der Waals surface area contributed by atoms with Gasteiger partial charge in [-0.2, -0.15) is 0 Å². The topological polar surface area (TPSA) is 45.7 Å². The van der Waals surface area contributed by atoms with Crippen LogP contribution in [0.4, 0.5) is 13.2 Å². The predicted molar refractivity (Wildman–Crippen MR) is 88.3 cm³/mol. The number of benzene rings is 1. The molecule has 3 atom stereocenters. The molecule has 0 saturated heterocycles. The average Bonchev–Trinajstić information content (AvgIpc) is 3.25. The molecule has 1 aliphatic rings. The number of guanidine groups is 1. The van der Waals surface area contributed by atoms with Gasteiger partial charge in [0.15, 0.2) is 5.96 Å². The van der Waals surface area contributed by atoms with Gasteiger partial charge in [-0.1, -0.05) is 25.1 Å². The van der Waals surface area contributed by atoms with E-state index in [1.54, 1.807) is 18.2 Å². The molecule has 0 heterocycles. The summed E-state index contributed by atoms with van der Waals surface area (Å²) in [5, 5.41) is 6.59. The molecule has 1 fully saturated rings. The van der Waals surface area contributed by atoms with E-state index in [9.17, 15) is 13.2 Å². The highest BCUT2D eigenvalue weighted by Gasteiger charge is 2.42. The lowest BCUT2D eigenvalue weighted by Crippen LogP contribution is -2.43. The van der Waals surface area contributed by atoms with Crippen molar-refractivity contribution in [1.29, 1.82) is 0 Å². The average molecular weight is 343 g/mol. The van der Waals surface area contributed by atoms with Crippen molar-refractivity contribution < 1.29 is 17.9 Å². The maximum Gasteiger partial charge on any atom is 0.573 e. The SMILES string of the molecule is CCN=C(NC(C)CC)NC1CC1c1ccccc1OC(F)(F)F. The van der Waals surface area contributed by atoms with E-state index in [1.165, 1.54) is 6.07 Å². The van der Waals surface area contributed by atoms with Gasteiger partial charge in [0, 0.05) is 24.5 Å². The standard InChI is InChI=1S/C17H24F3N3O/c1-4-11(3)22-16(21-5-2)23-14-10-13(14)12-8-6-7-9-15(12)24-17(18,19)20/h6-9,11,13-14H,4-5,10H2,1-3H3,(H2,21,22,23). The van der Waals surface area contributed by atoms with Gasteiger partial charge in [-0.3, -0.25) is 4.99 Å². The fourth-order valence-electron chi connectivity index (χ4n) is 2.50. The molecule has 7 heteroatoms. The molecule has 1 saturated carbocycles. The van der Waals surface area contributed by atoms with Crippen LogP contribution >= 0.6 is 0 Å². The molecule has 2 rings (SSSR count). The van der Waals surface area contributed by atoms with Crippen LogP contribution < -0.4 is 15.4 Å². The molecular formula is C17H24F3N3O. The Bertz CT molecular complexity index is 574. The number of nitrogens with zero attached hydrogens (tertiary/aromatic N) is 1. The molecule has 1 aromatic rings. The predicted octanol–water partition coefficient (Wildman–Crippen LogP) is 3.79. The van der Waals surface area contributed by atoms with Crippen LogP contribution in [0.1, 0.15) is 45.1 Å². The van der Waals surface area contributed by atoms with Gasteiger partial charge < -0.3 is 15.4 Å². The van der Waals surface area contributed by atoms with Gasteiger partial charge in [-0.15, -0.1) is 13.2 Å². The minimum Gasteiger partial charge on any atom is -0.405 e. The van der Waals surface area contributed by atoms with Crippen LogP contribution in [-0.2, 0) is 0 Å². The van der Waals surface area contributed by atoms with Crippen LogP contribution in [0.3, 0.4) is 0 Å². The number of hydrogen-bond donors (Lipinski definition) is 2. The van der Waals surface area contributed by atoms with Gasteiger partial charge >= 0.3 is 6.36 Å². The number of hydrogen-bond acceptors (Lipinski definition) is 2.